The van der Waals surface area contributed by atoms with E-state index in [1.54, 1.807) is 0 Å². The molecule has 0 aliphatic carbocycles. The summed E-state index contributed by atoms with van der Waals surface area (Å²) < 4.78 is 5.61. The van der Waals surface area contributed by atoms with Gasteiger partial charge in [0.05, 0.1) is 6.61 Å². The van der Waals surface area contributed by atoms with Crippen LogP contribution in [0, 0.1) is 12.8 Å². The summed E-state index contributed by atoms with van der Waals surface area (Å²) in [5, 5.41) is 0. The van der Waals surface area contributed by atoms with E-state index in [0.717, 1.165) is 18.7 Å². The minimum Gasteiger partial charge on any atom is -0.494 e. The van der Waals surface area contributed by atoms with Crippen molar-refractivity contribution >= 4 is 0 Å². The Morgan fingerprint density at radius 3 is 2.47 bits per heavy atom. The van der Waals surface area contributed by atoms with E-state index in [1.165, 1.54) is 11.1 Å². The molecule has 0 fully saturated rings. The molecule has 2 unspecified atom stereocenters. The third kappa shape index (κ3) is 4.22. The fraction of sp³-hybridized carbons (Fsp3) is 0.625. The van der Waals surface area contributed by atoms with Crippen molar-refractivity contribution in [2.24, 2.45) is 11.7 Å². The fourth-order valence-corrected chi connectivity index (χ4v) is 2.73. The highest BCUT2D eigenvalue weighted by Crippen LogP contribution is 2.31. The molecule has 0 aliphatic rings. The standard InChI is InChI=1S/C16H28N2O/c1-6-19-15-8-7-14(11-13(15)3)16(18(4)5)12(2)9-10-17/h7-8,11-12,16H,6,9-10,17H2,1-5H3. The highest BCUT2D eigenvalue weighted by Gasteiger charge is 2.21. The SMILES string of the molecule is CCOc1ccc(C(C(C)CCN)N(C)C)cc1C. The van der Waals surface area contributed by atoms with Crippen molar-refractivity contribution < 1.29 is 4.74 Å². The molecule has 0 radical (unpaired) electrons. The van der Waals surface area contributed by atoms with Gasteiger partial charge in [0.25, 0.3) is 0 Å². The molecule has 0 spiro atoms. The Balaban J connectivity index is 3.00. The number of nitrogens with zero attached hydrogens (tertiary/aromatic N) is 1. The molecule has 0 aromatic heterocycles. The molecular weight excluding hydrogens is 236 g/mol. The van der Waals surface area contributed by atoms with Crippen molar-refractivity contribution in [2.75, 3.05) is 27.2 Å². The van der Waals surface area contributed by atoms with Gasteiger partial charge in [-0.25, -0.2) is 0 Å². The summed E-state index contributed by atoms with van der Waals surface area (Å²) in [7, 11) is 4.26. The molecule has 19 heavy (non-hydrogen) atoms. The highest BCUT2D eigenvalue weighted by molar-refractivity contribution is 5.37. The molecule has 1 aromatic rings. The van der Waals surface area contributed by atoms with E-state index in [-0.39, 0.29) is 0 Å². The monoisotopic (exact) mass is 264 g/mol. The van der Waals surface area contributed by atoms with Crippen LogP contribution in [0.15, 0.2) is 18.2 Å². The smallest absolute Gasteiger partial charge is 0.122 e. The van der Waals surface area contributed by atoms with Crippen molar-refractivity contribution in [1.29, 1.82) is 0 Å². The third-order valence-electron chi connectivity index (χ3n) is 3.56. The normalized spacial score (nSPS) is 14.5. The van der Waals surface area contributed by atoms with Gasteiger partial charge >= 0.3 is 0 Å². The topological polar surface area (TPSA) is 38.5 Å². The van der Waals surface area contributed by atoms with Crippen LogP contribution in [-0.4, -0.2) is 32.1 Å². The lowest BCUT2D eigenvalue weighted by Gasteiger charge is -2.31. The van der Waals surface area contributed by atoms with Gasteiger partial charge in [0, 0.05) is 6.04 Å². The third-order valence-corrected chi connectivity index (χ3v) is 3.56. The fourth-order valence-electron chi connectivity index (χ4n) is 2.73. The summed E-state index contributed by atoms with van der Waals surface area (Å²) in [5.74, 6) is 1.52. The lowest BCUT2D eigenvalue weighted by Crippen LogP contribution is -2.27. The first-order valence-electron chi connectivity index (χ1n) is 7.11. The molecule has 108 valence electrons. The van der Waals surface area contributed by atoms with Crippen LogP contribution in [0.2, 0.25) is 0 Å². The van der Waals surface area contributed by atoms with Crippen molar-refractivity contribution in [3.8, 4) is 5.75 Å². The Morgan fingerprint density at radius 2 is 2.00 bits per heavy atom. The zero-order valence-electron chi connectivity index (χ0n) is 12.9. The average molecular weight is 264 g/mol. The summed E-state index contributed by atoms with van der Waals surface area (Å²) in [5.41, 5.74) is 8.24. The predicted molar refractivity (Wildman–Crippen MR) is 81.6 cm³/mol. The van der Waals surface area contributed by atoms with Crippen LogP contribution in [0.4, 0.5) is 0 Å². The number of aryl methyl sites for hydroxylation is 1. The summed E-state index contributed by atoms with van der Waals surface area (Å²) in [6.45, 7) is 7.83. The van der Waals surface area contributed by atoms with Gasteiger partial charge in [-0.2, -0.15) is 0 Å². The maximum atomic E-state index is 5.70. The lowest BCUT2D eigenvalue weighted by atomic mass is 9.90. The molecule has 1 aromatic carbocycles. The molecule has 2 N–H and O–H groups in total. The Bertz CT molecular complexity index is 390. The van der Waals surface area contributed by atoms with Gasteiger partial charge in [-0.05, 0) is 64.0 Å². The van der Waals surface area contributed by atoms with Crippen molar-refractivity contribution in [3.05, 3.63) is 29.3 Å². The molecule has 0 saturated carbocycles. The second-order valence-electron chi connectivity index (χ2n) is 5.42. The van der Waals surface area contributed by atoms with Crippen LogP contribution in [0.1, 0.15) is 37.4 Å². The molecule has 0 aliphatic heterocycles. The first-order valence-corrected chi connectivity index (χ1v) is 7.11. The molecule has 0 amide bonds. The van der Waals surface area contributed by atoms with E-state index < -0.39 is 0 Å². The van der Waals surface area contributed by atoms with E-state index in [4.69, 9.17) is 10.5 Å². The zero-order chi connectivity index (χ0) is 14.4. The van der Waals surface area contributed by atoms with Crippen LogP contribution in [0.5, 0.6) is 5.75 Å². The van der Waals surface area contributed by atoms with E-state index >= 15 is 0 Å². The molecular formula is C16H28N2O. The van der Waals surface area contributed by atoms with Gasteiger partial charge in [0.15, 0.2) is 0 Å². The van der Waals surface area contributed by atoms with Gasteiger partial charge in [-0.3, -0.25) is 0 Å². The van der Waals surface area contributed by atoms with Crippen molar-refractivity contribution in [2.45, 2.75) is 33.2 Å². The van der Waals surface area contributed by atoms with Crippen molar-refractivity contribution in [3.63, 3.8) is 0 Å². The zero-order valence-corrected chi connectivity index (χ0v) is 12.9. The molecule has 0 saturated heterocycles. The van der Waals surface area contributed by atoms with Crippen LogP contribution in [0.3, 0.4) is 0 Å². The molecule has 0 heterocycles. The quantitative estimate of drug-likeness (QED) is 0.823. The Kier molecular flexibility index (Phi) is 6.32. The van der Waals surface area contributed by atoms with Crippen LogP contribution < -0.4 is 10.5 Å². The van der Waals surface area contributed by atoms with Crippen LogP contribution in [0.25, 0.3) is 0 Å². The minimum absolute atomic E-state index is 0.401. The Labute approximate surface area is 117 Å². The van der Waals surface area contributed by atoms with Gasteiger partial charge in [-0.15, -0.1) is 0 Å². The second kappa shape index (κ2) is 7.51. The van der Waals surface area contributed by atoms with E-state index in [0.29, 0.717) is 18.6 Å². The number of hydrogen-bond acceptors (Lipinski definition) is 3. The number of nitrogens with two attached hydrogens (primary N) is 1. The second-order valence-corrected chi connectivity index (χ2v) is 5.42. The first kappa shape index (κ1) is 16.0. The molecule has 3 heteroatoms. The minimum atomic E-state index is 0.401. The predicted octanol–water partition coefficient (Wildman–Crippen LogP) is 2.98. The molecule has 3 nitrogen and oxygen atoms in total. The van der Waals surface area contributed by atoms with E-state index in [9.17, 15) is 0 Å². The maximum absolute atomic E-state index is 5.70. The van der Waals surface area contributed by atoms with Gasteiger partial charge in [0.1, 0.15) is 5.75 Å². The number of ether oxygens (including phenoxy) is 1. The van der Waals surface area contributed by atoms with Crippen LogP contribution >= 0.6 is 0 Å². The average Bonchev–Trinajstić information content (AvgIpc) is 2.33. The summed E-state index contributed by atoms with van der Waals surface area (Å²) in [6, 6.07) is 6.90. The maximum Gasteiger partial charge on any atom is 0.122 e. The number of benzene rings is 1. The lowest BCUT2D eigenvalue weighted by molar-refractivity contribution is 0.216. The van der Waals surface area contributed by atoms with E-state index in [1.807, 2.05) is 6.92 Å². The highest BCUT2D eigenvalue weighted by atomic mass is 16.5. The molecule has 2 atom stereocenters. The van der Waals surface area contributed by atoms with Gasteiger partial charge in [-0.1, -0.05) is 19.1 Å². The van der Waals surface area contributed by atoms with Gasteiger partial charge in [0.2, 0.25) is 0 Å². The number of rotatable bonds is 7. The summed E-state index contributed by atoms with van der Waals surface area (Å²) >= 11 is 0. The van der Waals surface area contributed by atoms with Gasteiger partial charge < -0.3 is 15.4 Å². The Hall–Kier alpha value is -1.06. The van der Waals surface area contributed by atoms with Crippen molar-refractivity contribution in [1.82, 2.24) is 4.90 Å². The molecule has 1 rings (SSSR count). The molecule has 0 bridgehead atoms. The first-order chi connectivity index (χ1) is 9.01. The summed E-state index contributed by atoms with van der Waals surface area (Å²) in [4.78, 5) is 2.27. The van der Waals surface area contributed by atoms with Crippen LogP contribution in [-0.2, 0) is 0 Å². The number of hydrogen-bond donors (Lipinski definition) is 1. The summed E-state index contributed by atoms with van der Waals surface area (Å²) in [6.07, 6.45) is 1.04. The Morgan fingerprint density at radius 1 is 1.32 bits per heavy atom. The van der Waals surface area contributed by atoms with E-state index in [2.05, 4.69) is 51.0 Å². The largest absolute Gasteiger partial charge is 0.494 e.